The number of aryl methyl sites for hydroxylation is 1. The van der Waals surface area contributed by atoms with E-state index in [-0.39, 0.29) is 5.41 Å². The van der Waals surface area contributed by atoms with Crippen LogP contribution in [0.15, 0.2) is 72.8 Å². The van der Waals surface area contributed by atoms with Crippen LogP contribution in [0.3, 0.4) is 0 Å². The molecule has 3 aromatic rings. The Balaban J connectivity index is 1.70. The number of allylic oxidation sites excluding steroid dienone is 1. The van der Waals surface area contributed by atoms with Crippen LogP contribution in [0.1, 0.15) is 47.6 Å². The van der Waals surface area contributed by atoms with E-state index in [2.05, 4.69) is 99.7 Å². The molecule has 0 saturated carbocycles. The van der Waals surface area contributed by atoms with Crippen LogP contribution in [0.25, 0.3) is 17.2 Å². The molecule has 3 unspecified atom stereocenters. The van der Waals surface area contributed by atoms with E-state index in [0.29, 0.717) is 11.8 Å². The predicted octanol–water partition coefficient (Wildman–Crippen LogP) is 6.73. The zero-order valence-corrected chi connectivity index (χ0v) is 15.7. The van der Waals surface area contributed by atoms with E-state index >= 15 is 0 Å². The molecule has 3 atom stereocenters. The standard InChI is InChI=1S/C26H24/c1-17-9-8-13-22-24(17)20-11-5-6-12-21(20)25(22)18(2)26(3)16-15-19-10-4-7-14-23(19)26/h4-16,18,25H,1-3H3. The highest BCUT2D eigenvalue weighted by atomic mass is 14.5. The zero-order valence-electron chi connectivity index (χ0n) is 15.7. The molecule has 0 spiro atoms. The van der Waals surface area contributed by atoms with Crippen molar-refractivity contribution < 1.29 is 0 Å². The summed E-state index contributed by atoms with van der Waals surface area (Å²) >= 11 is 0. The molecule has 0 saturated heterocycles. The lowest BCUT2D eigenvalue weighted by atomic mass is 9.66. The second-order valence-corrected chi connectivity index (χ2v) is 8.10. The topological polar surface area (TPSA) is 0 Å². The third-order valence-corrected chi connectivity index (χ3v) is 6.80. The van der Waals surface area contributed by atoms with Crippen molar-refractivity contribution in [2.75, 3.05) is 0 Å². The summed E-state index contributed by atoms with van der Waals surface area (Å²) in [5, 5.41) is 0. The van der Waals surface area contributed by atoms with Gasteiger partial charge in [-0.1, -0.05) is 92.7 Å². The summed E-state index contributed by atoms with van der Waals surface area (Å²) in [6.07, 6.45) is 4.74. The number of fused-ring (bicyclic) bond motifs is 4. The van der Waals surface area contributed by atoms with Gasteiger partial charge in [-0.25, -0.2) is 0 Å². The third-order valence-electron chi connectivity index (χ3n) is 6.80. The summed E-state index contributed by atoms with van der Waals surface area (Å²) in [6, 6.07) is 24.7. The van der Waals surface area contributed by atoms with E-state index < -0.39 is 0 Å². The Morgan fingerprint density at radius 1 is 0.846 bits per heavy atom. The summed E-state index contributed by atoms with van der Waals surface area (Å²) in [5.74, 6) is 0.911. The molecule has 0 aliphatic heterocycles. The molecule has 0 nitrogen and oxygen atoms in total. The molecule has 2 aliphatic rings. The molecule has 0 heteroatoms. The highest BCUT2D eigenvalue weighted by Gasteiger charge is 2.43. The fourth-order valence-corrected chi connectivity index (χ4v) is 5.25. The van der Waals surface area contributed by atoms with E-state index in [9.17, 15) is 0 Å². The molecular formula is C26H24. The first-order chi connectivity index (χ1) is 12.6. The molecule has 0 amide bonds. The first-order valence-electron chi connectivity index (χ1n) is 9.59. The fraction of sp³-hybridized carbons (Fsp3) is 0.231. The molecule has 0 bridgehead atoms. The van der Waals surface area contributed by atoms with Gasteiger partial charge < -0.3 is 0 Å². The molecule has 3 aromatic carbocycles. The molecule has 0 fully saturated rings. The molecule has 0 aromatic heterocycles. The SMILES string of the molecule is Cc1cccc2c1-c1ccccc1C2C(C)C1(C)C=Cc2ccccc21. The first-order valence-corrected chi connectivity index (χ1v) is 9.59. The van der Waals surface area contributed by atoms with Crippen molar-refractivity contribution in [1.29, 1.82) is 0 Å². The minimum atomic E-state index is 0.0553. The van der Waals surface area contributed by atoms with Crippen LogP contribution >= 0.6 is 0 Å². The lowest BCUT2D eigenvalue weighted by Crippen LogP contribution is -2.31. The highest BCUT2D eigenvalue weighted by molar-refractivity contribution is 5.81. The van der Waals surface area contributed by atoms with Gasteiger partial charge in [-0.3, -0.25) is 0 Å². The minimum absolute atomic E-state index is 0.0553. The zero-order chi connectivity index (χ0) is 17.9. The average molecular weight is 336 g/mol. The Morgan fingerprint density at radius 2 is 1.58 bits per heavy atom. The molecule has 26 heavy (non-hydrogen) atoms. The van der Waals surface area contributed by atoms with Gasteiger partial charge in [0.25, 0.3) is 0 Å². The van der Waals surface area contributed by atoms with Crippen LogP contribution in [-0.2, 0) is 5.41 Å². The van der Waals surface area contributed by atoms with Crippen LogP contribution in [0.2, 0.25) is 0 Å². The highest BCUT2D eigenvalue weighted by Crippen LogP contribution is 2.55. The first kappa shape index (κ1) is 15.6. The van der Waals surface area contributed by atoms with Gasteiger partial charge in [-0.05, 0) is 51.8 Å². The van der Waals surface area contributed by atoms with Crippen molar-refractivity contribution >= 4 is 6.08 Å². The van der Waals surface area contributed by atoms with Gasteiger partial charge in [0.2, 0.25) is 0 Å². The van der Waals surface area contributed by atoms with E-state index in [4.69, 9.17) is 0 Å². The second-order valence-electron chi connectivity index (χ2n) is 8.10. The maximum atomic E-state index is 2.44. The summed E-state index contributed by atoms with van der Waals surface area (Å²) in [5.41, 5.74) is 10.1. The van der Waals surface area contributed by atoms with Crippen molar-refractivity contribution in [3.05, 3.63) is 101 Å². The van der Waals surface area contributed by atoms with E-state index in [0.717, 1.165) is 0 Å². The normalized spacial score (nSPS) is 23.4. The van der Waals surface area contributed by atoms with E-state index in [1.807, 2.05) is 0 Å². The van der Waals surface area contributed by atoms with Gasteiger partial charge in [0.15, 0.2) is 0 Å². The Morgan fingerprint density at radius 3 is 2.46 bits per heavy atom. The van der Waals surface area contributed by atoms with Crippen molar-refractivity contribution in [2.45, 2.75) is 32.1 Å². The van der Waals surface area contributed by atoms with Gasteiger partial charge >= 0.3 is 0 Å². The Bertz CT molecular complexity index is 1040. The third kappa shape index (κ3) is 1.96. The smallest absolute Gasteiger partial charge is 0.0147 e. The lowest BCUT2D eigenvalue weighted by Gasteiger charge is -2.36. The number of hydrogen-bond acceptors (Lipinski definition) is 0. The molecule has 0 N–H and O–H groups in total. The lowest BCUT2D eigenvalue weighted by molar-refractivity contribution is 0.358. The molecule has 128 valence electrons. The summed E-state index contributed by atoms with van der Waals surface area (Å²) in [4.78, 5) is 0. The second kappa shape index (κ2) is 5.45. The van der Waals surface area contributed by atoms with Crippen LogP contribution in [0, 0.1) is 12.8 Å². The maximum Gasteiger partial charge on any atom is 0.0147 e. The van der Waals surface area contributed by atoms with Crippen molar-refractivity contribution in [3.8, 4) is 11.1 Å². The molecule has 2 aliphatic carbocycles. The quantitative estimate of drug-likeness (QED) is 0.487. The fourth-order valence-electron chi connectivity index (χ4n) is 5.25. The van der Waals surface area contributed by atoms with E-state index in [1.54, 1.807) is 0 Å². The minimum Gasteiger partial charge on any atom is -0.0733 e. The largest absolute Gasteiger partial charge is 0.0733 e. The van der Waals surface area contributed by atoms with Gasteiger partial charge in [0.1, 0.15) is 0 Å². The van der Waals surface area contributed by atoms with Crippen molar-refractivity contribution in [2.24, 2.45) is 5.92 Å². The molecule has 0 heterocycles. The molecular weight excluding hydrogens is 312 g/mol. The Labute approximate surface area is 156 Å². The van der Waals surface area contributed by atoms with Gasteiger partial charge in [0.05, 0.1) is 0 Å². The monoisotopic (exact) mass is 336 g/mol. The number of rotatable bonds is 2. The van der Waals surface area contributed by atoms with Gasteiger partial charge in [0, 0.05) is 11.3 Å². The van der Waals surface area contributed by atoms with Crippen molar-refractivity contribution in [1.82, 2.24) is 0 Å². The van der Waals surface area contributed by atoms with Gasteiger partial charge in [-0.2, -0.15) is 0 Å². The van der Waals surface area contributed by atoms with Crippen LogP contribution in [0.4, 0.5) is 0 Å². The Hall–Kier alpha value is -2.60. The van der Waals surface area contributed by atoms with E-state index in [1.165, 1.54) is 38.9 Å². The van der Waals surface area contributed by atoms with Crippen LogP contribution < -0.4 is 0 Å². The Kier molecular flexibility index (Phi) is 3.28. The maximum absolute atomic E-state index is 2.44. The molecule has 5 rings (SSSR count). The number of hydrogen-bond donors (Lipinski definition) is 0. The van der Waals surface area contributed by atoms with Gasteiger partial charge in [-0.15, -0.1) is 0 Å². The summed E-state index contributed by atoms with van der Waals surface area (Å²) in [6.45, 7) is 7.09. The van der Waals surface area contributed by atoms with Crippen LogP contribution in [-0.4, -0.2) is 0 Å². The van der Waals surface area contributed by atoms with Crippen molar-refractivity contribution in [3.63, 3.8) is 0 Å². The molecule has 0 radical (unpaired) electrons. The average Bonchev–Trinajstić information content (AvgIpc) is 3.19. The van der Waals surface area contributed by atoms with Crippen LogP contribution in [0.5, 0.6) is 0 Å². The summed E-state index contributed by atoms with van der Waals surface area (Å²) in [7, 11) is 0. The number of benzene rings is 3. The predicted molar refractivity (Wildman–Crippen MR) is 110 cm³/mol. The summed E-state index contributed by atoms with van der Waals surface area (Å²) < 4.78 is 0.